The lowest BCUT2D eigenvalue weighted by Crippen LogP contribution is -2.39. The summed E-state index contributed by atoms with van der Waals surface area (Å²) in [5.74, 6) is 0.250. The van der Waals surface area contributed by atoms with Crippen molar-refractivity contribution in [1.29, 1.82) is 0 Å². The Hall–Kier alpha value is -2.89. The van der Waals surface area contributed by atoms with Gasteiger partial charge in [-0.1, -0.05) is 31.1 Å². The first kappa shape index (κ1) is 14.1. The van der Waals surface area contributed by atoms with Crippen molar-refractivity contribution < 1.29 is 9.63 Å². The molecule has 1 aromatic heterocycles. The zero-order chi connectivity index (χ0) is 15.5. The third-order valence-corrected chi connectivity index (χ3v) is 3.22. The van der Waals surface area contributed by atoms with E-state index in [4.69, 9.17) is 4.84 Å². The monoisotopic (exact) mass is 296 g/mol. The van der Waals surface area contributed by atoms with Gasteiger partial charge in [0.05, 0.1) is 12.4 Å². The highest BCUT2D eigenvalue weighted by Gasteiger charge is 2.26. The number of aromatic nitrogens is 2. The van der Waals surface area contributed by atoms with Crippen LogP contribution in [0.3, 0.4) is 0 Å². The van der Waals surface area contributed by atoms with Crippen LogP contribution in [0.25, 0.3) is 6.08 Å². The molecule has 0 atom stereocenters. The molecule has 1 aliphatic heterocycles. The summed E-state index contributed by atoms with van der Waals surface area (Å²) >= 11 is 0. The molecule has 2 aromatic rings. The van der Waals surface area contributed by atoms with E-state index in [1.54, 1.807) is 30.8 Å². The number of amides is 1. The average Bonchev–Trinajstić information content (AvgIpc) is 2.91. The number of oxime groups is 1. The van der Waals surface area contributed by atoms with Crippen LogP contribution in [0.4, 0.5) is 5.69 Å². The van der Waals surface area contributed by atoms with Gasteiger partial charge in [-0.15, -0.1) is 0 Å². The second kappa shape index (κ2) is 5.85. The normalized spacial score (nSPS) is 12.7. The van der Waals surface area contributed by atoms with E-state index >= 15 is 0 Å². The quantitative estimate of drug-likeness (QED) is 0.875. The largest absolute Gasteiger partial charge is 0.354 e. The highest BCUT2D eigenvalue weighted by Crippen LogP contribution is 2.35. The lowest BCUT2D eigenvalue weighted by Gasteiger charge is -2.25. The molecular weight excluding hydrogens is 280 g/mol. The van der Waals surface area contributed by atoms with Gasteiger partial charge in [0.1, 0.15) is 5.69 Å². The standard InChI is InChI=1S/C16H16N4O2/c1-12(2)16(21)20(19-11-5-9-17-19)14-8-3-6-13-7-4-10-18-22-15(13)14/h3-12H,1-2H3. The third-order valence-electron chi connectivity index (χ3n) is 3.22. The maximum Gasteiger partial charge on any atom is 0.250 e. The number of hydrogen-bond donors (Lipinski definition) is 0. The molecule has 1 amide bonds. The number of rotatable bonds is 3. The van der Waals surface area contributed by atoms with E-state index < -0.39 is 0 Å². The molecule has 0 bridgehead atoms. The SMILES string of the molecule is CC(C)C(=O)N(c1cccc2c1ON=CC=C2)n1cccn1. The summed E-state index contributed by atoms with van der Waals surface area (Å²) in [4.78, 5) is 19.6. The van der Waals surface area contributed by atoms with Gasteiger partial charge in [0.15, 0.2) is 5.75 Å². The Balaban J connectivity index is 2.15. The van der Waals surface area contributed by atoms with Crippen LogP contribution in [0, 0.1) is 5.92 Å². The van der Waals surface area contributed by atoms with Gasteiger partial charge >= 0.3 is 0 Å². The van der Waals surface area contributed by atoms with Crippen molar-refractivity contribution in [3.05, 3.63) is 48.3 Å². The van der Waals surface area contributed by atoms with Gasteiger partial charge in [0.25, 0.3) is 0 Å². The molecule has 112 valence electrons. The molecule has 22 heavy (non-hydrogen) atoms. The molecule has 0 N–H and O–H groups in total. The lowest BCUT2D eigenvalue weighted by atomic mass is 10.1. The minimum absolute atomic E-state index is 0.0853. The summed E-state index contributed by atoms with van der Waals surface area (Å²) < 4.78 is 0. The topological polar surface area (TPSA) is 59.7 Å². The Morgan fingerprint density at radius 2 is 2.18 bits per heavy atom. The van der Waals surface area contributed by atoms with Crippen LogP contribution in [-0.2, 0) is 4.79 Å². The van der Waals surface area contributed by atoms with Crippen LogP contribution < -0.4 is 9.85 Å². The van der Waals surface area contributed by atoms with Crippen LogP contribution in [0.15, 0.2) is 47.9 Å². The zero-order valence-electron chi connectivity index (χ0n) is 12.4. The van der Waals surface area contributed by atoms with Crippen LogP contribution >= 0.6 is 0 Å². The summed E-state index contributed by atoms with van der Waals surface area (Å²) in [7, 11) is 0. The highest BCUT2D eigenvalue weighted by atomic mass is 16.6. The van der Waals surface area contributed by atoms with Gasteiger partial charge in [-0.25, -0.2) is 0 Å². The third kappa shape index (κ3) is 2.50. The maximum absolute atomic E-state index is 12.7. The molecule has 1 aliphatic rings. The molecule has 6 heteroatoms. The molecule has 0 unspecified atom stereocenters. The van der Waals surface area contributed by atoms with Crippen molar-refractivity contribution in [3.63, 3.8) is 0 Å². The minimum atomic E-state index is -0.190. The van der Waals surface area contributed by atoms with E-state index in [0.717, 1.165) is 5.56 Å². The Morgan fingerprint density at radius 1 is 1.32 bits per heavy atom. The fourth-order valence-electron chi connectivity index (χ4n) is 2.16. The van der Waals surface area contributed by atoms with Crippen molar-refractivity contribution in [3.8, 4) is 5.75 Å². The number of anilines is 1. The molecule has 0 spiro atoms. The number of carbonyl (C=O) groups excluding carboxylic acids is 1. The summed E-state index contributed by atoms with van der Waals surface area (Å²) in [5, 5.41) is 9.54. The van der Waals surface area contributed by atoms with Gasteiger partial charge in [0.2, 0.25) is 5.91 Å². The van der Waals surface area contributed by atoms with Crippen molar-refractivity contribution >= 4 is 23.9 Å². The van der Waals surface area contributed by atoms with Crippen molar-refractivity contribution in [2.45, 2.75) is 13.8 Å². The molecular formula is C16H16N4O2. The first-order chi connectivity index (χ1) is 10.7. The van der Waals surface area contributed by atoms with E-state index in [1.165, 1.54) is 9.80 Å². The number of allylic oxidation sites excluding steroid dienone is 1. The first-order valence-corrected chi connectivity index (χ1v) is 7.02. The molecule has 3 rings (SSSR count). The van der Waals surface area contributed by atoms with Crippen molar-refractivity contribution in [2.75, 3.05) is 5.01 Å². The fourth-order valence-corrected chi connectivity index (χ4v) is 2.16. The summed E-state index contributed by atoms with van der Waals surface area (Å²) in [6.07, 6.45) is 8.58. The van der Waals surface area contributed by atoms with Crippen molar-refractivity contribution in [1.82, 2.24) is 9.89 Å². The molecule has 0 saturated heterocycles. The number of nitrogens with zero attached hydrogens (tertiary/aromatic N) is 4. The molecule has 2 heterocycles. The zero-order valence-corrected chi connectivity index (χ0v) is 12.4. The number of fused-ring (bicyclic) bond motifs is 1. The number of para-hydroxylation sites is 1. The van der Waals surface area contributed by atoms with Crippen LogP contribution in [0.5, 0.6) is 5.75 Å². The highest BCUT2D eigenvalue weighted by molar-refractivity contribution is 5.96. The van der Waals surface area contributed by atoms with E-state index in [0.29, 0.717) is 11.4 Å². The van der Waals surface area contributed by atoms with Crippen molar-refractivity contribution in [2.24, 2.45) is 11.1 Å². The molecule has 0 aliphatic carbocycles. The Morgan fingerprint density at radius 3 is 2.91 bits per heavy atom. The number of hydrogen-bond acceptors (Lipinski definition) is 4. The van der Waals surface area contributed by atoms with E-state index in [2.05, 4.69) is 10.3 Å². The fraction of sp³-hybridized carbons (Fsp3) is 0.188. The predicted octanol–water partition coefficient (Wildman–Crippen LogP) is 2.73. The Labute approximate surface area is 128 Å². The number of carbonyl (C=O) groups is 1. The molecule has 6 nitrogen and oxygen atoms in total. The number of benzene rings is 1. The molecule has 0 saturated carbocycles. The summed E-state index contributed by atoms with van der Waals surface area (Å²) in [6.45, 7) is 3.69. The second-order valence-corrected chi connectivity index (χ2v) is 5.13. The van der Waals surface area contributed by atoms with Gasteiger partial charge < -0.3 is 4.84 Å². The van der Waals surface area contributed by atoms with Crippen LogP contribution in [-0.4, -0.2) is 22.0 Å². The van der Waals surface area contributed by atoms with Gasteiger partial charge in [-0.3, -0.25) is 4.79 Å². The summed E-state index contributed by atoms with van der Waals surface area (Å²) in [5.41, 5.74) is 1.45. The lowest BCUT2D eigenvalue weighted by molar-refractivity contribution is -0.122. The Bertz CT molecular complexity index is 733. The average molecular weight is 296 g/mol. The summed E-state index contributed by atoms with van der Waals surface area (Å²) in [6, 6.07) is 7.36. The molecule has 0 radical (unpaired) electrons. The second-order valence-electron chi connectivity index (χ2n) is 5.13. The minimum Gasteiger partial charge on any atom is -0.354 e. The van der Waals surface area contributed by atoms with Gasteiger partial charge in [-0.2, -0.15) is 14.9 Å². The molecule has 0 fully saturated rings. The first-order valence-electron chi connectivity index (χ1n) is 7.02. The Kier molecular flexibility index (Phi) is 3.74. The van der Waals surface area contributed by atoms with Gasteiger partial charge in [-0.05, 0) is 24.3 Å². The molecule has 1 aromatic carbocycles. The predicted molar refractivity (Wildman–Crippen MR) is 84.5 cm³/mol. The van der Waals surface area contributed by atoms with E-state index in [9.17, 15) is 4.79 Å². The van der Waals surface area contributed by atoms with Crippen LogP contribution in [0.2, 0.25) is 0 Å². The smallest absolute Gasteiger partial charge is 0.250 e. The van der Waals surface area contributed by atoms with Gasteiger partial charge in [0, 0.05) is 17.7 Å². The maximum atomic E-state index is 12.7. The van der Waals surface area contributed by atoms with E-state index in [-0.39, 0.29) is 11.8 Å². The van der Waals surface area contributed by atoms with Crippen LogP contribution in [0.1, 0.15) is 19.4 Å². The van der Waals surface area contributed by atoms with E-state index in [1.807, 2.05) is 38.1 Å².